The third kappa shape index (κ3) is 4.89. The lowest BCUT2D eigenvalue weighted by atomic mass is 9.88. The molecule has 0 bridgehead atoms. The molecule has 2 aliphatic rings. The Labute approximate surface area is 137 Å². The van der Waals surface area contributed by atoms with Crippen molar-refractivity contribution in [2.45, 2.75) is 57.0 Å². The van der Waals surface area contributed by atoms with Crippen molar-refractivity contribution in [2.75, 3.05) is 18.4 Å². The van der Waals surface area contributed by atoms with Gasteiger partial charge in [0.25, 0.3) is 0 Å². The minimum absolute atomic E-state index is 0.150. The Kier molecular flexibility index (Phi) is 5.80. The normalized spacial score (nSPS) is 28.6. The van der Waals surface area contributed by atoms with E-state index in [1.54, 1.807) is 12.4 Å². The Balaban J connectivity index is 1.50. The van der Waals surface area contributed by atoms with Crippen LogP contribution in [-0.2, 0) is 4.79 Å². The minimum Gasteiger partial charge on any atom is -0.352 e. The van der Waals surface area contributed by atoms with Crippen molar-refractivity contribution in [3.05, 3.63) is 18.5 Å². The summed E-state index contributed by atoms with van der Waals surface area (Å²) in [5.41, 5.74) is 0. The number of rotatable bonds is 4. The van der Waals surface area contributed by atoms with E-state index in [2.05, 4.69) is 25.9 Å². The van der Waals surface area contributed by atoms with Crippen LogP contribution in [0.4, 0.5) is 5.95 Å². The first-order valence-corrected chi connectivity index (χ1v) is 8.86. The molecule has 1 aliphatic carbocycles. The molecule has 2 unspecified atom stereocenters. The zero-order valence-corrected chi connectivity index (χ0v) is 13.6. The average Bonchev–Trinajstić information content (AvgIpc) is 3.04. The molecule has 6 heteroatoms. The van der Waals surface area contributed by atoms with Crippen molar-refractivity contribution < 1.29 is 4.79 Å². The van der Waals surface area contributed by atoms with Gasteiger partial charge in [-0.15, -0.1) is 0 Å². The highest BCUT2D eigenvalue weighted by molar-refractivity contribution is 5.79. The number of nitrogens with zero attached hydrogens (tertiary/aromatic N) is 2. The summed E-state index contributed by atoms with van der Waals surface area (Å²) in [5, 5.41) is 9.93. The summed E-state index contributed by atoms with van der Waals surface area (Å²) in [5.74, 6) is 1.09. The van der Waals surface area contributed by atoms with Gasteiger partial charge in [0, 0.05) is 36.9 Å². The smallest absolute Gasteiger partial charge is 0.223 e. The number of aromatic nitrogens is 2. The maximum Gasteiger partial charge on any atom is 0.223 e. The highest BCUT2D eigenvalue weighted by Gasteiger charge is 2.25. The van der Waals surface area contributed by atoms with Crippen LogP contribution in [0.5, 0.6) is 0 Å². The van der Waals surface area contributed by atoms with Gasteiger partial charge in [0.05, 0.1) is 0 Å². The van der Waals surface area contributed by atoms with Crippen LogP contribution in [0.2, 0.25) is 0 Å². The SMILES string of the molecule is O=C(N[C@@H]1CCNC1)C1CCCCC(Nc2ncccn2)CC1. The summed E-state index contributed by atoms with van der Waals surface area (Å²) in [4.78, 5) is 21.0. The van der Waals surface area contributed by atoms with Crippen LogP contribution in [0.1, 0.15) is 44.9 Å². The third-order valence-corrected chi connectivity index (χ3v) is 4.90. The topological polar surface area (TPSA) is 78.9 Å². The van der Waals surface area contributed by atoms with Gasteiger partial charge in [0.2, 0.25) is 11.9 Å². The van der Waals surface area contributed by atoms with Gasteiger partial charge in [-0.05, 0) is 44.7 Å². The van der Waals surface area contributed by atoms with E-state index in [1.807, 2.05) is 6.07 Å². The number of anilines is 1. The van der Waals surface area contributed by atoms with E-state index >= 15 is 0 Å². The predicted octanol–water partition coefficient (Wildman–Crippen LogP) is 1.71. The zero-order chi connectivity index (χ0) is 15.9. The second kappa shape index (κ2) is 8.24. The first-order valence-electron chi connectivity index (χ1n) is 8.86. The number of carbonyl (C=O) groups is 1. The lowest BCUT2D eigenvalue weighted by molar-refractivity contribution is -0.126. The van der Waals surface area contributed by atoms with E-state index in [0.717, 1.165) is 58.0 Å². The summed E-state index contributed by atoms with van der Waals surface area (Å²) in [6.07, 6.45) is 10.9. The van der Waals surface area contributed by atoms with Gasteiger partial charge in [0.1, 0.15) is 0 Å². The Morgan fingerprint density at radius 3 is 2.65 bits per heavy atom. The number of nitrogens with one attached hydrogen (secondary N) is 3. The van der Waals surface area contributed by atoms with Crippen LogP contribution in [-0.4, -0.2) is 41.0 Å². The molecule has 1 saturated carbocycles. The largest absolute Gasteiger partial charge is 0.352 e. The Hall–Kier alpha value is -1.69. The monoisotopic (exact) mass is 317 g/mol. The second-order valence-electron chi connectivity index (χ2n) is 6.67. The van der Waals surface area contributed by atoms with Gasteiger partial charge in [-0.2, -0.15) is 0 Å². The Morgan fingerprint density at radius 2 is 1.87 bits per heavy atom. The van der Waals surface area contributed by atoms with Crippen LogP contribution < -0.4 is 16.0 Å². The molecule has 3 N–H and O–H groups in total. The van der Waals surface area contributed by atoms with Crippen molar-refractivity contribution >= 4 is 11.9 Å². The van der Waals surface area contributed by atoms with Crippen molar-refractivity contribution in [1.29, 1.82) is 0 Å². The molecule has 3 atom stereocenters. The van der Waals surface area contributed by atoms with Crippen LogP contribution >= 0.6 is 0 Å². The summed E-state index contributed by atoms with van der Waals surface area (Å²) < 4.78 is 0. The summed E-state index contributed by atoms with van der Waals surface area (Å²) >= 11 is 0. The molecule has 0 spiro atoms. The summed E-state index contributed by atoms with van der Waals surface area (Å²) in [6.45, 7) is 1.92. The van der Waals surface area contributed by atoms with Gasteiger partial charge in [0.15, 0.2) is 0 Å². The Bertz CT molecular complexity index is 489. The van der Waals surface area contributed by atoms with Crippen LogP contribution in [0, 0.1) is 5.92 Å². The number of hydrogen-bond acceptors (Lipinski definition) is 5. The number of amides is 1. The van der Waals surface area contributed by atoms with Gasteiger partial charge < -0.3 is 16.0 Å². The summed E-state index contributed by atoms with van der Waals surface area (Å²) in [7, 11) is 0. The zero-order valence-electron chi connectivity index (χ0n) is 13.6. The average molecular weight is 317 g/mol. The predicted molar refractivity (Wildman–Crippen MR) is 90.1 cm³/mol. The molecule has 126 valence electrons. The molecule has 6 nitrogen and oxygen atoms in total. The van der Waals surface area contributed by atoms with Gasteiger partial charge >= 0.3 is 0 Å². The molecule has 2 heterocycles. The number of hydrogen-bond donors (Lipinski definition) is 3. The van der Waals surface area contributed by atoms with Crippen molar-refractivity contribution in [3.8, 4) is 0 Å². The molecule has 0 aromatic carbocycles. The van der Waals surface area contributed by atoms with Gasteiger partial charge in [-0.1, -0.05) is 12.8 Å². The van der Waals surface area contributed by atoms with Crippen molar-refractivity contribution in [3.63, 3.8) is 0 Å². The fraction of sp³-hybridized carbons (Fsp3) is 0.706. The first kappa shape index (κ1) is 16.2. The Morgan fingerprint density at radius 1 is 1.04 bits per heavy atom. The molecule has 1 aromatic heterocycles. The van der Waals surface area contributed by atoms with Crippen molar-refractivity contribution in [2.24, 2.45) is 5.92 Å². The maximum absolute atomic E-state index is 12.5. The lowest BCUT2D eigenvalue weighted by Crippen LogP contribution is -2.40. The standard InChI is InChI=1S/C17H27N5O/c23-16(21-15-8-11-18-12-15)13-4-1-2-5-14(7-6-13)22-17-19-9-3-10-20-17/h3,9-10,13-15,18H,1-2,4-8,11-12H2,(H,21,23)(H,19,20,22)/t13?,14?,15-/m1/s1. The van der Waals surface area contributed by atoms with Crippen LogP contribution in [0.15, 0.2) is 18.5 Å². The van der Waals surface area contributed by atoms with Crippen molar-refractivity contribution in [1.82, 2.24) is 20.6 Å². The molecule has 3 rings (SSSR count). The fourth-order valence-electron chi connectivity index (χ4n) is 3.53. The van der Waals surface area contributed by atoms with E-state index in [9.17, 15) is 4.79 Å². The van der Waals surface area contributed by atoms with Crippen LogP contribution in [0.25, 0.3) is 0 Å². The van der Waals surface area contributed by atoms with E-state index < -0.39 is 0 Å². The molecule has 0 radical (unpaired) electrons. The molecular weight excluding hydrogens is 290 g/mol. The molecule has 1 saturated heterocycles. The highest BCUT2D eigenvalue weighted by Crippen LogP contribution is 2.24. The van der Waals surface area contributed by atoms with E-state index in [1.165, 1.54) is 0 Å². The third-order valence-electron chi connectivity index (χ3n) is 4.90. The van der Waals surface area contributed by atoms with Crippen LogP contribution in [0.3, 0.4) is 0 Å². The highest BCUT2D eigenvalue weighted by atomic mass is 16.1. The molecule has 23 heavy (non-hydrogen) atoms. The quantitative estimate of drug-likeness (QED) is 0.788. The maximum atomic E-state index is 12.5. The minimum atomic E-state index is 0.150. The van der Waals surface area contributed by atoms with E-state index in [-0.39, 0.29) is 11.8 Å². The molecular formula is C17H27N5O. The molecule has 1 aliphatic heterocycles. The second-order valence-corrected chi connectivity index (χ2v) is 6.67. The molecule has 1 amide bonds. The number of carbonyl (C=O) groups excluding carboxylic acids is 1. The molecule has 2 fully saturated rings. The van der Waals surface area contributed by atoms with E-state index in [0.29, 0.717) is 18.0 Å². The first-order chi connectivity index (χ1) is 11.3. The molecule has 1 aromatic rings. The summed E-state index contributed by atoms with van der Waals surface area (Å²) in [6, 6.07) is 2.50. The fourth-order valence-corrected chi connectivity index (χ4v) is 3.53. The van der Waals surface area contributed by atoms with Gasteiger partial charge in [-0.3, -0.25) is 4.79 Å². The van der Waals surface area contributed by atoms with Gasteiger partial charge in [-0.25, -0.2) is 9.97 Å². The lowest BCUT2D eigenvalue weighted by Gasteiger charge is -2.26. The van der Waals surface area contributed by atoms with E-state index in [4.69, 9.17) is 0 Å².